The van der Waals surface area contributed by atoms with Gasteiger partial charge < -0.3 is 24.4 Å². The lowest BCUT2D eigenvalue weighted by Gasteiger charge is -2.41. The monoisotopic (exact) mass is 586 g/mol. The van der Waals surface area contributed by atoms with Gasteiger partial charge in [-0.2, -0.15) is 0 Å². The molecule has 1 N–H and O–H groups in total. The lowest BCUT2D eigenvalue weighted by molar-refractivity contribution is -0.120. The zero-order valence-corrected chi connectivity index (χ0v) is 24.2. The first-order valence-electron chi connectivity index (χ1n) is 13.6. The zero-order valence-electron chi connectivity index (χ0n) is 24.2. The number of carbonyl (C=O) groups is 3. The summed E-state index contributed by atoms with van der Waals surface area (Å²) in [5, 5.41) is 2.69. The number of alkyl halides is 1. The fourth-order valence-corrected chi connectivity index (χ4v) is 4.41. The fourth-order valence-electron chi connectivity index (χ4n) is 4.41. The summed E-state index contributed by atoms with van der Waals surface area (Å²) in [6.07, 6.45) is 0.860. The number of aromatic nitrogens is 1. The number of nitrogens with zero attached hydrogens (tertiary/aromatic N) is 3. The Morgan fingerprint density at radius 2 is 1.84 bits per heavy atom. The number of halogens is 1. The van der Waals surface area contributed by atoms with Crippen LogP contribution in [-0.2, 0) is 9.53 Å². The molecule has 3 heterocycles. The van der Waals surface area contributed by atoms with E-state index >= 15 is 4.39 Å². The molecule has 1 fully saturated rings. The van der Waals surface area contributed by atoms with Crippen molar-refractivity contribution in [3.63, 3.8) is 0 Å². The smallest absolute Gasteiger partial charge is 0.410 e. The summed E-state index contributed by atoms with van der Waals surface area (Å²) in [5.74, 6) is 5.84. The first-order valence-corrected chi connectivity index (χ1v) is 13.6. The van der Waals surface area contributed by atoms with Gasteiger partial charge in [0.25, 0.3) is 11.8 Å². The Kier molecular flexibility index (Phi) is 7.96. The van der Waals surface area contributed by atoms with E-state index < -0.39 is 35.2 Å². The molecule has 1 saturated heterocycles. The molecule has 2 aliphatic heterocycles. The summed E-state index contributed by atoms with van der Waals surface area (Å²) in [4.78, 5) is 45.2. The summed E-state index contributed by atoms with van der Waals surface area (Å²) < 4.78 is 32.0. The van der Waals surface area contributed by atoms with Crippen LogP contribution in [0.4, 0.5) is 14.9 Å². The molecule has 1 unspecified atom stereocenters. The van der Waals surface area contributed by atoms with Gasteiger partial charge in [0.2, 0.25) is 5.67 Å². The number of hydrogen-bond acceptors (Lipinski definition) is 7. The number of carbonyl (C=O) groups excluding carboxylic acids is 3. The maximum absolute atomic E-state index is 15.1. The lowest BCUT2D eigenvalue weighted by atomic mass is 9.97. The van der Waals surface area contributed by atoms with Gasteiger partial charge in [0.05, 0.1) is 18.8 Å². The summed E-state index contributed by atoms with van der Waals surface area (Å²) >= 11 is 0. The Morgan fingerprint density at radius 3 is 2.56 bits per heavy atom. The summed E-state index contributed by atoms with van der Waals surface area (Å²) in [7, 11) is 1.56. The fraction of sp³-hybridized carbons (Fsp3) is 0.312. The topological polar surface area (TPSA) is 110 Å². The minimum Gasteiger partial charge on any atom is -0.489 e. The van der Waals surface area contributed by atoms with Gasteiger partial charge in [0.1, 0.15) is 41.2 Å². The number of benzene rings is 2. The van der Waals surface area contributed by atoms with Crippen molar-refractivity contribution < 1.29 is 33.0 Å². The van der Waals surface area contributed by atoms with Crippen molar-refractivity contribution in [1.82, 2.24) is 15.2 Å². The maximum atomic E-state index is 15.1. The van der Waals surface area contributed by atoms with Gasteiger partial charge in [-0.25, -0.2) is 9.18 Å². The summed E-state index contributed by atoms with van der Waals surface area (Å²) in [5.41, 5.74) is -1.59. The van der Waals surface area contributed by atoms with Crippen LogP contribution in [0.1, 0.15) is 36.8 Å². The first kappa shape index (κ1) is 29.4. The van der Waals surface area contributed by atoms with E-state index in [4.69, 9.17) is 14.2 Å². The van der Waals surface area contributed by atoms with Crippen LogP contribution >= 0.6 is 0 Å². The molecule has 2 aliphatic rings. The first-order chi connectivity index (χ1) is 20.4. The number of likely N-dealkylation sites (tertiary alicyclic amines) is 1. The van der Waals surface area contributed by atoms with Crippen molar-refractivity contribution in [3.05, 3.63) is 78.1 Å². The van der Waals surface area contributed by atoms with E-state index in [1.807, 2.05) is 18.2 Å². The number of rotatable bonds is 4. The van der Waals surface area contributed by atoms with Gasteiger partial charge in [0.15, 0.2) is 0 Å². The van der Waals surface area contributed by atoms with E-state index in [0.717, 1.165) is 0 Å². The van der Waals surface area contributed by atoms with Crippen LogP contribution in [0.15, 0.2) is 66.9 Å². The third kappa shape index (κ3) is 7.04. The number of ether oxygens (including phenoxy) is 3. The second-order valence-corrected chi connectivity index (χ2v) is 11.3. The van der Waals surface area contributed by atoms with Crippen LogP contribution in [0.25, 0.3) is 0 Å². The minimum atomic E-state index is -1.87. The average Bonchev–Trinajstić information content (AvgIpc) is 3.06. The third-order valence-electron chi connectivity index (χ3n) is 6.57. The molecule has 222 valence electrons. The number of amides is 3. The predicted molar refractivity (Wildman–Crippen MR) is 156 cm³/mol. The number of anilines is 1. The summed E-state index contributed by atoms with van der Waals surface area (Å²) in [6, 6.07) is 16.1. The Balaban J connectivity index is 1.23. The van der Waals surface area contributed by atoms with E-state index in [9.17, 15) is 14.4 Å². The van der Waals surface area contributed by atoms with Gasteiger partial charge in [-0.15, -0.1) is 0 Å². The van der Waals surface area contributed by atoms with E-state index in [2.05, 4.69) is 22.1 Å². The Bertz CT molecular complexity index is 1610. The van der Waals surface area contributed by atoms with Crippen LogP contribution in [0.2, 0.25) is 0 Å². The molecule has 1 atom stereocenters. The highest BCUT2D eigenvalue weighted by molar-refractivity contribution is 6.03. The molecule has 5 rings (SSSR count). The van der Waals surface area contributed by atoms with Gasteiger partial charge in [-0.1, -0.05) is 30.0 Å². The minimum absolute atomic E-state index is 0.0737. The second kappa shape index (κ2) is 11.6. The zero-order chi connectivity index (χ0) is 30.8. The molecule has 43 heavy (non-hydrogen) atoms. The van der Waals surface area contributed by atoms with Crippen molar-refractivity contribution in [2.45, 2.75) is 38.1 Å². The highest BCUT2D eigenvalue weighted by Crippen LogP contribution is 2.32. The van der Waals surface area contributed by atoms with Crippen molar-refractivity contribution >= 4 is 23.6 Å². The quantitative estimate of drug-likeness (QED) is 0.453. The van der Waals surface area contributed by atoms with Gasteiger partial charge in [-0.3, -0.25) is 19.5 Å². The number of para-hydroxylation sites is 1. The number of hydrogen-bond donors (Lipinski definition) is 1. The highest BCUT2D eigenvalue weighted by Gasteiger charge is 2.46. The van der Waals surface area contributed by atoms with Gasteiger partial charge in [-0.05, 0) is 57.2 Å². The molecule has 1 aromatic heterocycles. The van der Waals surface area contributed by atoms with Crippen molar-refractivity contribution in [1.29, 1.82) is 0 Å². The average molecular weight is 587 g/mol. The molecule has 0 bridgehead atoms. The molecule has 3 aromatic rings. The molecule has 11 heteroatoms. The number of likely N-dealkylation sites (N-methyl/N-ethyl adjacent to an activating group) is 1. The van der Waals surface area contributed by atoms with Crippen LogP contribution in [0, 0.1) is 11.8 Å². The van der Waals surface area contributed by atoms with E-state index in [1.54, 1.807) is 64.2 Å². The Morgan fingerprint density at radius 1 is 1.09 bits per heavy atom. The normalized spacial score (nSPS) is 17.2. The molecule has 0 radical (unpaired) electrons. The highest BCUT2D eigenvalue weighted by atomic mass is 19.1. The summed E-state index contributed by atoms with van der Waals surface area (Å²) in [6.45, 7) is 4.72. The van der Waals surface area contributed by atoms with E-state index in [0.29, 0.717) is 28.5 Å². The van der Waals surface area contributed by atoms with Crippen LogP contribution in [0.3, 0.4) is 0 Å². The number of pyridine rings is 1. The molecule has 0 aliphatic carbocycles. The standard InChI is InChI=1S/C32H31FN4O6/c1-31(2,3)43-30(40)37-19-32(33,20-37)14-12-21-10-11-27-26(16-21)36(4)29(39)25(18-41-27)35-28(38)24-17-23(13-15-34-24)42-22-8-6-5-7-9-22/h5-11,13,15-17,25H,18-20H2,1-4H3,(H,35,38). The lowest BCUT2D eigenvalue weighted by Crippen LogP contribution is -2.61. The van der Waals surface area contributed by atoms with Crippen molar-refractivity contribution in [2.75, 3.05) is 31.6 Å². The van der Waals surface area contributed by atoms with Crippen LogP contribution in [-0.4, -0.2) is 71.8 Å². The van der Waals surface area contributed by atoms with Gasteiger partial charge >= 0.3 is 6.09 Å². The van der Waals surface area contributed by atoms with Crippen molar-refractivity contribution in [3.8, 4) is 29.1 Å². The Hall–Kier alpha value is -5.11. The van der Waals surface area contributed by atoms with E-state index in [-0.39, 0.29) is 25.4 Å². The van der Waals surface area contributed by atoms with Crippen LogP contribution < -0.4 is 19.7 Å². The second-order valence-electron chi connectivity index (χ2n) is 11.3. The maximum Gasteiger partial charge on any atom is 0.410 e. The largest absolute Gasteiger partial charge is 0.489 e. The number of nitrogens with one attached hydrogen (secondary N) is 1. The number of fused-ring (bicyclic) bond motifs is 1. The molecular formula is C32H31FN4O6. The molecule has 10 nitrogen and oxygen atoms in total. The van der Waals surface area contributed by atoms with E-state index in [1.165, 1.54) is 22.1 Å². The molecule has 0 spiro atoms. The van der Waals surface area contributed by atoms with Gasteiger partial charge in [0, 0.05) is 24.9 Å². The molecule has 3 amide bonds. The van der Waals surface area contributed by atoms with Crippen LogP contribution in [0.5, 0.6) is 17.2 Å². The molecular weight excluding hydrogens is 555 g/mol. The SMILES string of the molecule is CN1C(=O)C(NC(=O)c2cc(Oc3ccccc3)ccn2)COc2ccc(C#CC3(F)CN(C(=O)OC(C)(C)C)C3)cc21. The Labute approximate surface area is 248 Å². The predicted octanol–water partition coefficient (Wildman–Crippen LogP) is 4.34. The van der Waals surface area contributed by atoms with Crippen molar-refractivity contribution in [2.24, 2.45) is 0 Å². The molecule has 2 aromatic carbocycles. The molecule has 0 saturated carbocycles. The third-order valence-corrected chi connectivity index (χ3v) is 6.57.